The number of amides is 3. The molecule has 0 saturated heterocycles. The first kappa shape index (κ1) is 21.2. The molecule has 11 heteroatoms. The molecule has 0 aliphatic heterocycles. The lowest BCUT2D eigenvalue weighted by molar-refractivity contribution is -0.150. The van der Waals surface area contributed by atoms with E-state index in [1.165, 1.54) is 29.7 Å². The molecule has 0 atom stereocenters. The van der Waals surface area contributed by atoms with E-state index in [2.05, 4.69) is 20.9 Å². The number of hydrogen-bond acceptors (Lipinski definition) is 4. The number of alkyl halides is 3. The van der Waals surface area contributed by atoms with Gasteiger partial charge in [0, 0.05) is 17.3 Å². The number of urea groups is 1. The Balaban J connectivity index is 1.82. The van der Waals surface area contributed by atoms with Crippen molar-refractivity contribution in [2.75, 3.05) is 16.0 Å². The molecule has 1 aromatic carbocycles. The first-order valence-electron chi connectivity index (χ1n) is 8.41. The van der Waals surface area contributed by atoms with E-state index in [1.54, 1.807) is 12.1 Å². The van der Waals surface area contributed by atoms with E-state index in [0.29, 0.717) is 5.56 Å². The molecule has 2 heterocycles. The van der Waals surface area contributed by atoms with Crippen molar-refractivity contribution in [1.82, 2.24) is 4.98 Å². The molecule has 0 fully saturated rings. The first-order chi connectivity index (χ1) is 14.2. The maximum atomic E-state index is 13.2. The molecule has 0 aliphatic carbocycles. The van der Waals surface area contributed by atoms with Gasteiger partial charge in [-0.3, -0.25) is 9.78 Å². The van der Waals surface area contributed by atoms with Crippen LogP contribution in [0, 0.1) is 5.82 Å². The van der Waals surface area contributed by atoms with Gasteiger partial charge in [0.15, 0.2) is 0 Å². The molecule has 3 amide bonds. The van der Waals surface area contributed by atoms with E-state index in [0.717, 1.165) is 17.8 Å². The average Bonchev–Trinajstić information content (AvgIpc) is 3.14. The molecule has 30 heavy (non-hydrogen) atoms. The third-order valence-electron chi connectivity index (χ3n) is 3.71. The summed E-state index contributed by atoms with van der Waals surface area (Å²) in [4.78, 5) is 27.5. The summed E-state index contributed by atoms with van der Waals surface area (Å²) < 4.78 is 50.4. The summed E-state index contributed by atoms with van der Waals surface area (Å²) in [5.74, 6) is -1.87. The van der Waals surface area contributed by atoms with Crippen LogP contribution in [-0.4, -0.2) is 23.1 Å². The van der Waals surface area contributed by atoms with Crippen molar-refractivity contribution >= 4 is 40.3 Å². The van der Waals surface area contributed by atoms with Gasteiger partial charge in [0.1, 0.15) is 12.2 Å². The number of nitrogens with one attached hydrogen (secondary N) is 3. The van der Waals surface area contributed by atoms with Crippen LogP contribution in [-0.2, 0) is 4.79 Å². The Morgan fingerprint density at radius 2 is 1.80 bits per heavy atom. The Hall–Kier alpha value is -3.47. The smallest absolute Gasteiger partial charge is 0.326 e. The predicted octanol–water partition coefficient (Wildman–Crippen LogP) is 5.48. The largest absolute Gasteiger partial charge is 0.397 e. The van der Waals surface area contributed by atoms with Gasteiger partial charge < -0.3 is 16.0 Å². The molecule has 3 aromatic rings. The van der Waals surface area contributed by atoms with Crippen molar-refractivity contribution in [3.05, 3.63) is 59.3 Å². The van der Waals surface area contributed by atoms with Crippen molar-refractivity contribution < 1.29 is 27.2 Å². The Kier molecular flexibility index (Phi) is 6.31. The zero-order chi connectivity index (χ0) is 21.7. The molecule has 3 N–H and O–H groups in total. The highest BCUT2D eigenvalue weighted by Crippen LogP contribution is 2.32. The van der Waals surface area contributed by atoms with Crippen LogP contribution < -0.4 is 16.0 Å². The van der Waals surface area contributed by atoms with Crippen LogP contribution in [0.5, 0.6) is 0 Å². The Bertz CT molecular complexity index is 1050. The van der Waals surface area contributed by atoms with E-state index in [4.69, 9.17) is 0 Å². The molecule has 2 aromatic heterocycles. The minimum Gasteiger partial charge on any atom is -0.326 e. The molecular formula is C19H14F4N4O2S. The Morgan fingerprint density at radius 3 is 2.47 bits per heavy atom. The number of carbonyl (C=O) groups excluding carboxylic acids is 2. The van der Waals surface area contributed by atoms with Gasteiger partial charge in [0.25, 0.3) is 0 Å². The molecule has 0 saturated carbocycles. The summed E-state index contributed by atoms with van der Waals surface area (Å²) >= 11 is 1.41. The highest BCUT2D eigenvalue weighted by Gasteiger charge is 2.31. The molecule has 0 radical (unpaired) electrons. The lowest BCUT2D eigenvalue weighted by Gasteiger charge is -2.14. The number of hydrogen-bond donors (Lipinski definition) is 3. The summed E-state index contributed by atoms with van der Waals surface area (Å²) in [5.41, 5.74) is 1.76. The number of halogens is 4. The van der Waals surface area contributed by atoms with Crippen LogP contribution >= 0.6 is 11.3 Å². The molecule has 156 valence electrons. The summed E-state index contributed by atoms with van der Waals surface area (Å²) in [6.45, 7) is 0. The van der Waals surface area contributed by atoms with Crippen LogP contribution in [0.25, 0.3) is 11.1 Å². The topological polar surface area (TPSA) is 83.1 Å². The molecule has 0 bridgehead atoms. The van der Waals surface area contributed by atoms with Gasteiger partial charge in [0.2, 0.25) is 5.91 Å². The molecule has 3 rings (SSSR count). The van der Waals surface area contributed by atoms with Crippen molar-refractivity contribution in [3.63, 3.8) is 0 Å². The Morgan fingerprint density at radius 1 is 1.00 bits per heavy atom. The standard InChI is InChI=1S/C19H14F4N4O2S/c20-12-5-14(9-24-8-12)26-18(29)27-16-6-13(25-17(28)7-19(21,22)23)1-2-15(16)11-3-4-30-10-11/h1-6,8-10H,7H2,(H,25,28)(H2,26,27,29). The zero-order valence-electron chi connectivity index (χ0n) is 15.1. The van der Waals surface area contributed by atoms with Crippen LogP contribution in [0.4, 0.5) is 39.4 Å². The lowest BCUT2D eigenvalue weighted by atomic mass is 10.1. The number of carbonyl (C=O) groups is 2. The maximum absolute atomic E-state index is 13.2. The van der Waals surface area contributed by atoms with E-state index in [-0.39, 0.29) is 17.1 Å². The fraction of sp³-hybridized carbons (Fsp3) is 0.105. The zero-order valence-corrected chi connectivity index (χ0v) is 15.9. The molecule has 0 spiro atoms. The number of rotatable bonds is 5. The monoisotopic (exact) mass is 438 g/mol. The maximum Gasteiger partial charge on any atom is 0.397 e. The number of aromatic nitrogens is 1. The van der Waals surface area contributed by atoms with E-state index in [9.17, 15) is 27.2 Å². The molecule has 0 unspecified atom stereocenters. The van der Waals surface area contributed by atoms with Crippen molar-refractivity contribution in [3.8, 4) is 11.1 Å². The van der Waals surface area contributed by atoms with E-state index in [1.807, 2.05) is 10.8 Å². The number of nitrogens with zero attached hydrogens (tertiary/aromatic N) is 1. The van der Waals surface area contributed by atoms with E-state index < -0.39 is 30.4 Å². The summed E-state index contributed by atoms with van der Waals surface area (Å²) in [6, 6.07) is 6.47. The second kappa shape index (κ2) is 8.91. The van der Waals surface area contributed by atoms with Crippen LogP contribution in [0.3, 0.4) is 0 Å². The van der Waals surface area contributed by atoms with Crippen molar-refractivity contribution in [1.29, 1.82) is 0 Å². The fourth-order valence-electron chi connectivity index (χ4n) is 2.55. The van der Waals surface area contributed by atoms with Crippen molar-refractivity contribution in [2.45, 2.75) is 12.6 Å². The average molecular weight is 438 g/mol. The highest BCUT2D eigenvalue weighted by molar-refractivity contribution is 7.08. The SMILES string of the molecule is O=C(CC(F)(F)F)Nc1ccc(-c2ccsc2)c(NC(=O)Nc2cncc(F)c2)c1. The highest BCUT2D eigenvalue weighted by atomic mass is 32.1. The number of thiophene rings is 1. The first-order valence-corrected chi connectivity index (χ1v) is 9.36. The van der Waals surface area contributed by atoms with Crippen molar-refractivity contribution in [2.24, 2.45) is 0 Å². The minimum atomic E-state index is -4.64. The van der Waals surface area contributed by atoms with Gasteiger partial charge >= 0.3 is 12.2 Å². The second-order valence-electron chi connectivity index (χ2n) is 6.08. The van der Waals surface area contributed by atoms with Crippen LogP contribution in [0.1, 0.15) is 6.42 Å². The summed E-state index contributed by atoms with van der Waals surface area (Å²) in [6.07, 6.45) is -4.04. The second-order valence-corrected chi connectivity index (χ2v) is 6.86. The number of benzene rings is 1. The van der Waals surface area contributed by atoms with Gasteiger partial charge in [0.05, 0.1) is 23.8 Å². The third-order valence-corrected chi connectivity index (χ3v) is 4.39. The lowest BCUT2D eigenvalue weighted by Crippen LogP contribution is -2.22. The fourth-order valence-corrected chi connectivity index (χ4v) is 3.20. The van der Waals surface area contributed by atoms with E-state index >= 15 is 0 Å². The third kappa shape index (κ3) is 6.01. The number of anilines is 3. The van der Waals surface area contributed by atoms with Gasteiger partial charge in [-0.2, -0.15) is 24.5 Å². The van der Waals surface area contributed by atoms with Gasteiger partial charge in [-0.1, -0.05) is 6.07 Å². The summed E-state index contributed by atoms with van der Waals surface area (Å²) in [7, 11) is 0. The molecule has 0 aliphatic rings. The van der Waals surface area contributed by atoms with Crippen LogP contribution in [0.2, 0.25) is 0 Å². The van der Waals surface area contributed by atoms with Gasteiger partial charge in [-0.25, -0.2) is 9.18 Å². The molecule has 6 nitrogen and oxygen atoms in total. The Labute approximate surface area is 172 Å². The summed E-state index contributed by atoms with van der Waals surface area (Å²) in [5, 5.41) is 10.8. The van der Waals surface area contributed by atoms with Gasteiger partial charge in [-0.05, 0) is 34.5 Å². The number of pyridine rings is 1. The van der Waals surface area contributed by atoms with Crippen LogP contribution in [0.15, 0.2) is 53.5 Å². The quantitative estimate of drug-likeness (QED) is 0.461. The van der Waals surface area contributed by atoms with Gasteiger partial charge in [-0.15, -0.1) is 0 Å². The molecular weight excluding hydrogens is 424 g/mol. The minimum absolute atomic E-state index is 0.0750. The normalized spacial score (nSPS) is 11.1. The predicted molar refractivity (Wildman–Crippen MR) is 106 cm³/mol.